The quantitative estimate of drug-likeness (QED) is 0.661. The lowest BCUT2D eigenvalue weighted by molar-refractivity contribution is 0.0993. The molecule has 0 aliphatic rings. The number of rotatable bonds is 3. The van der Waals surface area contributed by atoms with Crippen LogP contribution >= 0.6 is 0 Å². The molecule has 0 saturated heterocycles. The van der Waals surface area contributed by atoms with Gasteiger partial charge in [0.25, 0.3) is 0 Å². The van der Waals surface area contributed by atoms with Crippen molar-refractivity contribution in [3.8, 4) is 0 Å². The minimum atomic E-state index is 0.101. The van der Waals surface area contributed by atoms with Gasteiger partial charge in [-0.2, -0.15) is 0 Å². The van der Waals surface area contributed by atoms with Crippen molar-refractivity contribution in [2.24, 2.45) is 0 Å². The molecule has 0 fully saturated rings. The minimum Gasteiger partial charge on any atom is -0.294 e. The number of Topliss-reactive ketones (excluding diaryl/α,β-unsaturated/α-hetero) is 1. The second-order valence-electron chi connectivity index (χ2n) is 4.48. The molecule has 0 radical (unpaired) electrons. The lowest BCUT2D eigenvalue weighted by Crippen LogP contribution is -2.04. The summed E-state index contributed by atoms with van der Waals surface area (Å²) in [5, 5.41) is 2.31. The van der Waals surface area contributed by atoms with Gasteiger partial charge in [-0.1, -0.05) is 42.5 Å². The summed E-state index contributed by atoms with van der Waals surface area (Å²) in [6, 6.07) is 17.8. The number of aromatic nitrogens is 1. The predicted molar refractivity (Wildman–Crippen MR) is 76.2 cm³/mol. The Morgan fingerprint density at radius 2 is 1.79 bits per heavy atom. The molecule has 3 rings (SSSR count). The fourth-order valence-electron chi connectivity index (χ4n) is 2.25. The van der Waals surface area contributed by atoms with Crippen LogP contribution in [0.15, 0.2) is 67.0 Å². The molecule has 0 bridgehead atoms. The van der Waals surface area contributed by atoms with Gasteiger partial charge in [-0.15, -0.1) is 0 Å². The van der Waals surface area contributed by atoms with E-state index in [1.807, 2.05) is 24.3 Å². The average Bonchev–Trinajstić information content (AvgIpc) is 2.48. The number of fused-ring (bicyclic) bond motifs is 1. The molecule has 2 aromatic carbocycles. The summed E-state index contributed by atoms with van der Waals surface area (Å²) < 4.78 is 0. The third kappa shape index (κ3) is 2.38. The van der Waals surface area contributed by atoms with Crippen molar-refractivity contribution in [3.63, 3.8) is 0 Å². The van der Waals surface area contributed by atoms with Gasteiger partial charge in [-0.3, -0.25) is 9.78 Å². The molecule has 2 heteroatoms. The van der Waals surface area contributed by atoms with Gasteiger partial charge in [0.2, 0.25) is 0 Å². The van der Waals surface area contributed by atoms with Gasteiger partial charge in [0.15, 0.2) is 5.78 Å². The van der Waals surface area contributed by atoms with Gasteiger partial charge >= 0.3 is 0 Å². The summed E-state index contributed by atoms with van der Waals surface area (Å²) in [4.78, 5) is 16.2. The number of nitrogens with zero attached hydrogens (tertiary/aromatic N) is 1. The normalized spacial score (nSPS) is 10.5. The molecule has 1 aromatic heterocycles. The van der Waals surface area contributed by atoms with Crippen molar-refractivity contribution in [3.05, 3.63) is 78.1 Å². The van der Waals surface area contributed by atoms with Gasteiger partial charge in [0, 0.05) is 24.4 Å². The Morgan fingerprint density at radius 3 is 2.63 bits per heavy atom. The second-order valence-corrected chi connectivity index (χ2v) is 4.48. The number of pyridine rings is 1. The number of carbonyl (C=O) groups is 1. The fraction of sp³-hybridized carbons (Fsp3) is 0.0588. The van der Waals surface area contributed by atoms with Crippen molar-refractivity contribution in [1.29, 1.82) is 0 Å². The third-order valence-electron chi connectivity index (χ3n) is 3.21. The van der Waals surface area contributed by atoms with E-state index in [1.165, 1.54) is 5.39 Å². The predicted octanol–water partition coefficient (Wildman–Crippen LogP) is 3.66. The SMILES string of the molecule is O=C(Cc1cccc2ccccc12)c1cccnc1. The van der Waals surface area contributed by atoms with E-state index < -0.39 is 0 Å². The first-order chi connectivity index (χ1) is 9.34. The van der Waals surface area contributed by atoms with Gasteiger partial charge in [-0.25, -0.2) is 0 Å². The molecule has 2 nitrogen and oxygen atoms in total. The number of hydrogen-bond acceptors (Lipinski definition) is 2. The summed E-state index contributed by atoms with van der Waals surface area (Å²) in [6.07, 6.45) is 3.70. The molecule has 92 valence electrons. The van der Waals surface area contributed by atoms with Crippen LogP contribution in [-0.4, -0.2) is 10.8 Å². The molecule has 0 N–H and O–H groups in total. The molecule has 0 aliphatic carbocycles. The Morgan fingerprint density at radius 1 is 0.947 bits per heavy atom. The first kappa shape index (κ1) is 11.6. The van der Waals surface area contributed by atoms with Crippen LogP contribution in [0.25, 0.3) is 10.8 Å². The highest BCUT2D eigenvalue weighted by Gasteiger charge is 2.09. The highest BCUT2D eigenvalue weighted by atomic mass is 16.1. The number of hydrogen-bond donors (Lipinski definition) is 0. The number of carbonyl (C=O) groups excluding carboxylic acids is 1. The molecule has 0 amide bonds. The largest absolute Gasteiger partial charge is 0.294 e. The molecule has 19 heavy (non-hydrogen) atoms. The number of ketones is 1. The van der Waals surface area contributed by atoms with Crippen LogP contribution in [0.1, 0.15) is 15.9 Å². The first-order valence-electron chi connectivity index (χ1n) is 6.24. The van der Waals surface area contributed by atoms with Crippen LogP contribution < -0.4 is 0 Å². The molecular weight excluding hydrogens is 234 g/mol. The zero-order chi connectivity index (χ0) is 13.1. The Balaban J connectivity index is 1.96. The van der Waals surface area contributed by atoms with Gasteiger partial charge < -0.3 is 0 Å². The molecule has 1 heterocycles. The summed E-state index contributed by atoms with van der Waals surface area (Å²) in [5.41, 5.74) is 1.72. The van der Waals surface area contributed by atoms with Gasteiger partial charge in [0.05, 0.1) is 0 Å². The Hall–Kier alpha value is -2.48. The first-order valence-corrected chi connectivity index (χ1v) is 6.24. The molecule has 0 saturated carbocycles. The minimum absolute atomic E-state index is 0.101. The third-order valence-corrected chi connectivity index (χ3v) is 3.21. The van der Waals surface area contributed by atoms with Crippen molar-refractivity contribution >= 4 is 16.6 Å². The van der Waals surface area contributed by atoms with E-state index in [4.69, 9.17) is 0 Å². The smallest absolute Gasteiger partial charge is 0.168 e. The second kappa shape index (κ2) is 5.02. The van der Waals surface area contributed by atoms with Crippen molar-refractivity contribution < 1.29 is 4.79 Å². The Labute approximate surface area is 111 Å². The van der Waals surface area contributed by atoms with Crippen LogP contribution in [0.2, 0.25) is 0 Å². The molecule has 0 spiro atoms. The standard InChI is InChI=1S/C17H13NO/c19-17(15-8-4-10-18-12-15)11-14-7-3-6-13-5-1-2-9-16(13)14/h1-10,12H,11H2. The van der Waals surface area contributed by atoms with E-state index in [0.29, 0.717) is 12.0 Å². The van der Waals surface area contributed by atoms with E-state index >= 15 is 0 Å². The lowest BCUT2D eigenvalue weighted by atomic mass is 9.98. The topological polar surface area (TPSA) is 30.0 Å². The molecule has 0 aliphatic heterocycles. The molecule has 0 atom stereocenters. The monoisotopic (exact) mass is 247 g/mol. The van der Waals surface area contributed by atoms with Crippen molar-refractivity contribution in [2.75, 3.05) is 0 Å². The Bertz CT molecular complexity index is 714. The van der Waals surface area contributed by atoms with Gasteiger partial charge in [-0.05, 0) is 28.5 Å². The van der Waals surface area contributed by atoms with Crippen molar-refractivity contribution in [2.45, 2.75) is 6.42 Å². The zero-order valence-electron chi connectivity index (χ0n) is 10.4. The fourth-order valence-corrected chi connectivity index (χ4v) is 2.25. The Kier molecular flexibility index (Phi) is 3.07. The summed E-state index contributed by atoms with van der Waals surface area (Å²) in [5.74, 6) is 0.101. The lowest BCUT2D eigenvalue weighted by Gasteiger charge is -2.05. The number of benzene rings is 2. The summed E-state index contributed by atoms with van der Waals surface area (Å²) in [6.45, 7) is 0. The zero-order valence-corrected chi connectivity index (χ0v) is 10.4. The van der Waals surface area contributed by atoms with Crippen LogP contribution in [0, 0.1) is 0 Å². The van der Waals surface area contributed by atoms with E-state index in [9.17, 15) is 4.79 Å². The van der Waals surface area contributed by atoms with Crippen LogP contribution in [0.5, 0.6) is 0 Å². The molecular formula is C17H13NO. The van der Waals surface area contributed by atoms with Crippen LogP contribution in [0.4, 0.5) is 0 Å². The maximum absolute atomic E-state index is 12.2. The maximum Gasteiger partial charge on any atom is 0.168 e. The highest BCUT2D eigenvalue weighted by Crippen LogP contribution is 2.20. The van der Waals surface area contributed by atoms with E-state index in [2.05, 4.69) is 23.2 Å². The maximum atomic E-state index is 12.2. The van der Waals surface area contributed by atoms with E-state index in [1.54, 1.807) is 24.5 Å². The summed E-state index contributed by atoms with van der Waals surface area (Å²) in [7, 11) is 0. The molecule has 0 unspecified atom stereocenters. The average molecular weight is 247 g/mol. The van der Waals surface area contributed by atoms with Crippen LogP contribution in [0.3, 0.4) is 0 Å². The van der Waals surface area contributed by atoms with E-state index in [-0.39, 0.29) is 5.78 Å². The van der Waals surface area contributed by atoms with Crippen molar-refractivity contribution in [1.82, 2.24) is 4.98 Å². The van der Waals surface area contributed by atoms with Crippen LogP contribution in [-0.2, 0) is 6.42 Å². The van der Waals surface area contributed by atoms with E-state index in [0.717, 1.165) is 10.9 Å². The highest BCUT2D eigenvalue weighted by molar-refractivity contribution is 5.99. The summed E-state index contributed by atoms with van der Waals surface area (Å²) >= 11 is 0. The molecule has 3 aromatic rings. The van der Waals surface area contributed by atoms with Gasteiger partial charge in [0.1, 0.15) is 0 Å².